The molecule has 1 unspecified atom stereocenters. The van der Waals surface area contributed by atoms with Gasteiger partial charge in [-0.25, -0.2) is 0 Å². The maximum Gasteiger partial charge on any atom is 0.261 e. The normalized spacial score (nSPS) is 19.6. The van der Waals surface area contributed by atoms with Crippen LogP contribution in [0.4, 0.5) is 5.69 Å². The predicted molar refractivity (Wildman–Crippen MR) is 71.3 cm³/mol. The maximum absolute atomic E-state index is 11.7. The van der Waals surface area contributed by atoms with Crippen molar-refractivity contribution in [2.45, 2.75) is 19.1 Å². The number of aliphatic imine (C=N–C) groups is 1. The Bertz CT molecular complexity index is 444. The first-order chi connectivity index (χ1) is 8.09. The van der Waals surface area contributed by atoms with Crippen molar-refractivity contribution in [2.75, 3.05) is 11.9 Å². The van der Waals surface area contributed by atoms with Crippen molar-refractivity contribution in [3.8, 4) is 0 Å². The van der Waals surface area contributed by atoms with E-state index in [-0.39, 0.29) is 11.2 Å². The molecule has 0 aliphatic carbocycles. The Morgan fingerprint density at radius 3 is 2.53 bits per heavy atom. The molecule has 0 aromatic carbocycles. The molecule has 0 saturated carbocycles. The second-order valence-corrected chi connectivity index (χ2v) is 5.39. The molecule has 5 heteroatoms. The van der Waals surface area contributed by atoms with Gasteiger partial charge in [-0.05, 0) is 18.1 Å². The highest BCUT2D eigenvalue weighted by Crippen LogP contribution is 2.31. The second kappa shape index (κ2) is 4.87. The summed E-state index contributed by atoms with van der Waals surface area (Å²) in [6.07, 6.45) is 3.46. The molecular formula is C12H15N3OS. The van der Waals surface area contributed by atoms with Crippen molar-refractivity contribution in [1.29, 1.82) is 0 Å². The number of pyridine rings is 1. The van der Waals surface area contributed by atoms with Crippen LogP contribution in [0.15, 0.2) is 29.5 Å². The zero-order valence-electron chi connectivity index (χ0n) is 10.1. The van der Waals surface area contributed by atoms with E-state index >= 15 is 0 Å². The summed E-state index contributed by atoms with van der Waals surface area (Å²) in [6, 6.07) is 3.80. The first-order valence-electron chi connectivity index (χ1n) is 5.52. The maximum atomic E-state index is 11.7. The quantitative estimate of drug-likeness (QED) is 0.806. The lowest BCUT2D eigenvalue weighted by atomic mass is 10.1. The molecule has 90 valence electrons. The Balaban J connectivity index is 2.16. The number of rotatable bonds is 2. The van der Waals surface area contributed by atoms with Gasteiger partial charge in [0.05, 0.1) is 5.25 Å². The van der Waals surface area contributed by atoms with Crippen LogP contribution in [0.25, 0.3) is 0 Å². The number of hydrogen-bond acceptors (Lipinski definition) is 4. The van der Waals surface area contributed by atoms with Gasteiger partial charge in [0, 0.05) is 25.1 Å². The molecule has 2 heterocycles. The van der Waals surface area contributed by atoms with E-state index < -0.39 is 0 Å². The molecule has 2 rings (SSSR count). The third-order valence-corrected chi connectivity index (χ3v) is 4.20. The van der Waals surface area contributed by atoms with Gasteiger partial charge in [0.2, 0.25) is 0 Å². The zero-order chi connectivity index (χ0) is 12.4. The molecule has 1 aromatic heterocycles. The second-order valence-electron chi connectivity index (χ2n) is 4.28. The highest BCUT2D eigenvalue weighted by atomic mass is 32.2. The lowest BCUT2D eigenvalue weighted by molar-refractivity contribution is -0.117. The van der Waals surface area contributed by atoms with Gasteiger partial charge in [0.15, 0.2) is 5.17 Å². The van der Waals surface area contributed by atoms with Crippen molar-refractivity contribution in [3.63, 3.8) is 0 Å². The minimum Gasteiger partial charge on any atom is -0.324 e. The molecule has 0 fully saturated rings. The standard InChI is InChI=1S/C12H15N3OS/c1-8(2)10-11(16)14-12(17-10)15(3)9-4-6-13-7-5-9/h4-8,10H,1-3H3. The fourth-order valence-corrected chi connectivity index (χ4v) is 2.66. The van der Waals surface area contributed by atoms with Gasteiger partial charge < -0.3 is 4.90 Å². The third-order valence-electron chi connectivity index (χ3n) is 2.62. The lowest BCUT2D eigenvalue weighted by Gasteiger charge is -2.18. The van der Waals surface area contributed by atoms with Crippen LogP contribution in [-0.2, 0) is 4.79 Å². The van der Waals surface area contributed by atoms with E-state index in [0.717, 1.165) is 10.9 Å². The SMILES string of the molecule is CC(C)C1SC(N(C)c2ccncc2)=NC1=O. The number of carbonyl (C=O) groups excluding carboxylic acids is 1. The monoisotopic (exact) mass is 249 g/mol. The van der Waals surface area contributed by atoms with Crippen LogP contribution in [0.5, 0.6) is 0 Å². The zero-order valence-corrected chi connectivity index (χ0v) is 10.9. The van der Waals surface area contributed by atoms with Crippen LogP contribution < -0.4 is 4.90 Å². The number of hydrogen-bond donors (Lipinski definition) is 0. The topological polar surface area (TPSA) is 45.6 Å². The summed E-state index contributed by atoms with van der Waals surface area (Å²) in [5.41, 5.74) is 0.989. The Kier molecular flexibility index (Phi) is 3.47. The molecule has 1 aliphatic heterocycles. The Morgan fingerprint density at radius 2 is 2.00 bits per heavy atom. The van der Waals surface area contributed by atoms with Crippen molar-refractivity contribution in [2.24, 2.45) is 10.9 Å². The summed E-state index contributed by atoms with van der Waals surface area (Å²) in [5, 5.41) is 0.717. The van der Waals surface area contributed by atoms with Gasteiger partial charge in [0.25, 0.3) is 5.91 Å². The number of amidine groups is 1. The minimum atomic E-state index is -0.0470. The van der Waals surface area contributed by atoms with E-state index in [1.807, 2.05) is 37.9 Å². The van der Waals surface area contributed by atoms with E-state index in [1.165, 1.54) is 11.8 Å². The minimum absolute atomic E-state index is 0.0269. The van der Waals surface area contributed by atoms with Crippen molar-refractivity contribution < 1.29 is 4.79 Å². The molecule has 1 atom stereocenters. The Morgan fingerprint density at radius 1 is 1.35 bits per heavy atom. The van der Waals surface area contributed by atoms with Gasteiger partial charge in [-0.2, -0.15) is 4.99 Å². The van der Waals surface area contributed by atoms with Crippen LogP contribution in [0.2, 0.25) is 0 Å². The largest absolute Gasteiger partial charge is 0.324 e. The molecular weight excluding hydrogens is 234 g/mol. The molecule has 0 spiro atoms. The molecule has 0 N–H and O–H groups in total. The number of thioether (sulfide) groups is 1. The van der Waals surface area contributed by atoms with Gasteiger partial charge in [0.1, 0.15) is 0 Å². The molecule has 0 saturated heterocycles. The molecule has 1 aromatic rings. The molecule has 0 radical (unpaired) electrons. The van der Waals surface area contributed by atoms with Crippen LogP contribution in [0.3, 0.4) is 0 Å². The van der Waals surface area contributed by atoms with Crippen molar-refractivity contribution >= 4 is 28.5 Å². The first-order valence-corrected chi connectivity index (χ1v) is 6.40. The third kappa shape index (κ3) is 2.49. The highest BCUT2D eigenvalue weighted by molar-refractivity contribution is 8.15. The van der Waals surface area contributed by atoms with Crippen LogP contribution in [-0.4, -0.2) is 28.4 Å². The van der Waals surface area contributed by atoms with E-state index in [2.05, 4.69) is 9.98 Å². The Hall–Kier alpha value is -1.36. The summed E-state index contributed by atoms with van der Waals surface area (Å²) >= 11 is 1.54. The number of aromatic nitrogens is 1. The fraction of sp³-hybridized carbons (Fsp3) is 0.417. The van der Waals surface area contributed by atoms with Gasteiger partial charge in [-0.3, -0.25) is 9.78 Å². The van der Waals surface area contributed by atoms with Gasteiger partial charge in [-0.15, -0.1) is 0 Å². The number of anilines is 1. The smallest absolute Gasteiger partial charge is 0.261 e. The molecule has 1 amide bonds. The molecule has 17 heavy (non-hydrogen) atoms. The summed E-state index contributed by atoms with van der Waals surface area (Å²) in [4.78, 5) is 21.7. The van der Waals surface area contributed by atoms with Crippen LogP contribution >= 0.6 is 11.8 Å². The van der Waals surface area contributed by atoms with Crippen molar-refractivity contribution in [3.05, 3.63) is 24.5 Å². The first kappa shape index (κ1) is 12.1. The summed E-state index contributed by atoms with van der Waals surface area (Å²) in [6.45, 7) is 4.08. The van der Waals surface area contributed by atoms with Gasteiger partial charge in [-0.1, -0.05) is 25.6 Å². The highest BCUT2D eigenvalue weighted by Gasteiger charge is 2.32. The summed E-state index contributed by atoms with van der Waals surface area (Å²) in [7, 11) is 1.91. The molecule has 0 bridgehead atoms. The fourth-order valence-electron chi connectivity index (χ4n) is 1.60. The Labute approximate surface area is 105 Å². The molecule has 1 aliphatic rings. The number of carbonyl (C=O) groups is 1. The van der Waals surface area contributed by atoms with Gasteiger partial charge >= 0.3 is 0 Å². The lowest BCUT2D eigenvalue weighted by Crippen LogP contribution is -2.23. The van der Waals surface area contributed by atoms with Crippen LogP contribution in [0.1, 0.15) is 13.8 Å². The number of amides is 1. The van der Waals surface area contributed by atoms with E-state index in [4.69, 9.17) is 0 Å². The average Bonchev–Trinajstić information content (AvgIpc) is 2.71. The van der Waals surface area contributed by atoms with E-state index in [9.17, 15) is 4.79 Å². The van der Waals surface area contributed by atoms with E-state index in [1.54, 1.807) is 12.4 Å². The summed E-state index contributed by atoms with van der Waals surface area (Å²) in [5.74, 6) is 0.278. The number of nitrogens with zero attached hydrogens (tertiary/aromatic N) is 3. The van der Waals surface area contributed by atoms with Crippen molar-refractivity contribution in [1.82, 2.24) is 4.98 Å². The average molecular weight is 249 g/mol. The molecule has 4 nitrogen and oxygen atoms in total. The van der Waals surface area contributed by atoms with Crippen LogP contribution in [0, 0.1) is 5.92 Å². The van der Waals surface area contributed by atoms with E-state index in [0.29, 0.717) is 5.92 Å². The summed E-state index contributed by atoms with van der Waals surface area (Å²) < 4.78 is 0. The predicted octanol–water partition coefficient (Wildman–Crippen LogP) is 2.17.